The van der Waals surface area contributed by atoms with E-state index in [1.807, 2.05) is 71.5 Å². The highest BCUT2D eigenvalue weighted by Gasteiger charge is 2.48. The number of imide groups is 4. The smallest absolute Gasteiger partial charge is 0.471 e. The molecule has 0 bridgehead atoms. The first-order valence-electron chi connectivity index (χ1n) is 34.7. The van der Waals surface area contributed by atoms with Gasteiger partial charge in [-0.2, -0.15) is 13.2 Å². The lowest BCUT2D eigenvalue weighted by atomic mass is 9.99. The minimum Gasteiger partial charge on any atom is -0.490 e. The fraction of sp³-hybridized carbons (Fsp3) is 0.338. The summed E-state index contributed by atoms with van der Waals surface area (Å²) >= 11 is 15.5. The van der Waals surface area contributed by atoms with Crippen LogP contribution in [0.3, 0.4) is 0 Å². The molecule has 578 valence electrons. The van der Waals surface area contributed by atoms with Gasteiger partial charge in [0.2, 0.25) is 29.5 Å². The molecule has 4 aromatic heterocycles. The predicted octanol–water partition coefficient (Wildman–Crippen LogP) is 8.24. The summed E-state index contributed by atoms with van der Waals surface area (Å²) in [6.45, 7) is 11.9. The minimum absolute atomic E-state index is 0.00602. The van der Waals surface area contributed by atoms with Crippen molar-refractivity contribution in [3.8, 4) is 21.5 Å². The zero-order valence-electron chi connectivity index (χ0n) is 60.0. The van der Waals surface area contributed by atoms with E-state index in [0.29, 0.717) is 27.5 Å². The van der Waals surface area contributed by atoms with Crippen LogP contribution in [0.4, 0.5) is 13.2 Å². The van der Waals surface area contributed by atoms with Crippen LogP contribution in [0.2, 0.25) is 10.0 Å². The summed E-state index contributed by atoms with van der Waals surface area (Å²) in [5.74, 6) is -5.42. The van der Waals surface area contributed by atoms with E-state index in [9.17, 15) is 71.0 Å². The largest absolute Gasteiger partial charge is 0.490 e. The van der Waals surface area contributed by atoms with Crippen molar-refractivity contribution in [2.75, 3.05) is 52.7 Å². The molecule has 2 saturated heterocycles. The number of hydrogen-bond donors (Lipinski definition) is 5. The fourth-order valence-corrected chi connectivity index (χ4v) is 15.8. The molecule has 0 saturated carbocycles. The highest BCUT2D eigenvalue weighted by atomic mass is 35.5. The number of halogens is 5. The second-order valence-electron chi connectivity index (χ2n) is 25.9. The van der Waals surface area contributed by atoms with Crippen LogP contribution in [-0.2, 0) is 43.0 Å². The third-order valence-corrected chi connectivity index (χ3v) is 21.5. The maximum absolute atomic E-state index is 13.3. The third-order valence-electron chi connectivity index (χ3n) is 18.6. The molecule has 111 heavy (non-hydrogen) atoms. The van der Waals surface area contributed by atoms with Crippen LogP contribution in [0.25, 0.3) is 10.0 Å². The zero-order valence-corrected chi connectivity index (χ0v) is 63.2. The second-order valence-corrected chi connectivity index (χ2v) is 29.2. The average molecular weight is 1600 g/mol. The third kappa shape index (κ3) is 16.8. The minimum atomic E-state index is -4.97. The van der Waals surface area contributed by atoms with Gasteiger partial charge in [0.05, 0.1) is 72.9 Å². The average Bonchev–Trinajstić information content (AvgIpc) is 1.61. The number of thiophene rings is 2. The molecule has 8 aromatic rings. The number of ether oxygens (including phenoxy) is 4. The van der Waals surface area contributed by atoms with E-state index in [2.05, 4.69) is 64.0 Å². The van der Waals surface area contributed by atoms with E-state index < -0.39 is 89.5 Å². The first-order chi connectivity index (χ1) is 53.0. The molecule has 6 aliphatic heterocycles. The van der Waals surface area contributed by atoms with E-state index in [0.717, 1.165) is 75.3 Å². The molecule has 6 aliphatic rings. The lowest BCUT2D eigenvalue weighted by Gasteiger charge is -2.27. The molecular weight excluding hydrogens is 1530 g/mol. The van der Waals surface area contributed by atoms with Gasteiger partial charge in [0.15, 0.2) is 11.6 Å². The number of carboxylic acid groups (broad SMARTS) is 1. The Morgan fingerprint density at radius 1 is 0.541 bits per heavy atom. The molecular formula is C74H69Cl2F3N14O16S2. The summed E-state index contributed by atoms with van der Waals surface area (Å²) in [7, 11) is 0. The van der Waals surface area contributed by atoms with E-state index in [-0.39, 0.29) is 131 Å². The molecule has 0 aliphatic carbocycles. The number of benzene rings is 4. The lowest BCUT2D eigenvalue weighted by Crippen LogP contribution is -2.54. The van der Waals surface area contributed by atoms with E-state index in [1.165, 1.54) is 29.1 Å². The Kier molecular flexibility index (Phi) is 24.0. The number of fused-ring (bicyclic) bond motifs is 8. The Balaban J connectivity index is 0.000000166. The standard InChI is InChI=1S/C36H34ClN7O7S.C19H17ClN4O2S.C19H18F3N3O7/c1-18-19(2)52-36-29(18)31(21-7-9-22(37)10-8-21)39-24(32-42-41-20(3)43(32)36)17-28(46)38-13-14-50-15-16-51-26-6-4-5-23-30(26)35(49)44(34(23)48)25-11-12-27(45)40-33(25)47;1-9-10(2)27-19-16(9)17(12-4-6-13(20)7-5-12)21-14(8-15(25)26)18-23-22-11(3)24(18)19;20-19(21,22)18(30)23-6-7-31-8-9-32-12-3-1-2-10-14(12)17(29)25(16(10)28)11-4-5-13(26)24-15(11)27/h4-10,24-25H,11-17H2,1-3H3,(H,38,46)(H,40,45,47);4-7,14H,8H2,1-3H3,(H,25,26);1-3,11H,4-9H2,(H,23,30)(H,24,26,27)/t24-,25?;14-;/m00./s1. The van der Waals surface area contributed by atoms with Gasteiger partial charge >= 0.3 is 18.1 Å². The molecule has 4 aromatic carbocycles. The van der Waals surface area contributed by atoms with E-state index in [1.54, 1.807) is 40.1 Å². The summed E-state index contributed by atoms with van der Waals surface area (Å²) in [5, 5.41) is 38.7. The number of carboxylic acids is 1. The van der Waals surface area contributed by atoms with Gasteiger partial charge < -0.3 is 34.7 Å². The van der Waals surface area contributed by atoms with Crippen LogP contribution in [0.1, 0.15) is 158 Å². The highest BCUT2D eigenvalue weighted by molar-refractivity contribution is 7.15. The van der Waals surface area contributed by atoms with Crippen LogP contribution < -0.4 is 30.7 Å². The Hall–Kier alpha value is -11.2. The number of amides is 10. The molecule has 10 amide bonds. The number of piperidine rings is 2. The second kappa shape index (κ2) is 33.5. The van der Waals surface area contributed by atoms with Crippen molar-refractivity contribution in [1.29, 1.82) is 0 Å². The monoisotopic (exact) mass is 1600 g/mol. The number of aliphatic carboxylic acids is 1. The Labute approximate surface area is 647 Å². The van der Waals surface area contributed by atoms with Gasteiger partial charge in [-0.15, -0.1) is 43.1 Å². The number of nitrogens with zero attached hydrogens (tertiary/aromatic N) is 10. The van der Waals surface area contributed by atoms with Crippen molar-refractivity contribution in [2.45, 2.75) is 110 Å². The van der Waals surface area contributed by atoms with E-state index >= 15 is 0 Å². The number of rotatable bonds is 22. The maximum atomic E-state index is 13.3. The van der Waals surface area contributed by atoms with Crippen molar-refractivity contribution < 1.29 is 90.0 Å². The summed E-state index contributed by atoms with van der Waals surface area (Å²) in [4.78, 5) is 149. The van der Waals surface area contributed by atoms with Gasteiger partial charge in [-0.3, -0.25) is 92.3 Å². The molecule has 10 heterocycles. The van der Waals surface area contributed by atoms with Gasteiger partial charge in [0.1, 0.15) is 70.5 Å². The lowest BCUT2D eigenvalue weighted by molar-refractivity contribution is -0.173. The van der Waals surface area contributed by atoms with Crippen molar-refractivity contribution in [3.63, 3.8) is 0 Å². The van der Waals surface area contributed by atoms with Crippen LogP contribution in [0, 0.1) is 41.5 Å². The van der Waals surface area contributed by atoms with Crippen LogP contribution >= 0.6 is 45.9 Å². The summed E-state index contributed by atoms with van der Waals surface area (Å²) in [5.41, 5.74) is 7.72. The number of carbonyl (C=O) groups excluding carboxylic acids is 10. The van der Waals surface area contributed by atoms with Crippen LogP contribution in [0.15, 0.2) is 94.9 Å². The van der Waals surface area contributed by atoms with Crippen molar-refractivity contribution >= 4 is 122 Å². The molecule has 2 fully saturated rings. The van der Waals surface area contributed by atoms with E-state index in [4.69, 9.17) is 52.1 Å². The molecule has 14 rings (SSSR count). The number of aromatic nitrogens is 6. The first-order valence-corrected chi connectivity index (χ1v) is 37.1. The number of aliphatic imine (C=N–C) groups is 2. The van der Waals surface area contributed by atoms with Crippen LogP contribution in [-0.4, -0.2) is 192 Å². The summed E-state index contributed by atoms with van der Waals surface area (Å²) < 4.78 is 62.1. The number of carbonyl (C=O) groups is 11. The topological polar surface area (TPSA) is 386 Å². The maximum Gasteiger partial charge on any atom is 0.471 e. The van der Waals surface area contributed by atoms with Crippen LogP contribution in [0.5, 0.6) is 11.5 Å². The molecule has 0 radical (unpaired) electrons. The van der Waals surface area contributed by atoms with Crippen molar-refractivity contribution in [3.05, 3.63) is 184 Å². The fourth-order valence-electron chi connectivity index (χ4n) is 13.1. The highest BCUT2D eigenvalue weighted by Crippen LogP contribution is 2.43. The molecule has 5 N–H and O–H groups in total. The molecule has 2 unspecified atom stereocenters. The first kappa shape index (κ1) is 79.3. The Morgan fingerprint density at radius 3 is 1.36 bits per heavy atom. The van der Waals surface area contributed by atoms with Gasteiger partial charge in [0, 0.05) is 68.0 Å². The Bertz CT molecular complexity index is 5170. The molecule has 37 heteroatoms. The normalized spacial score (nSPS) is 17.6. The zero-order chi connectivity index (χ0) is 79.4. The SMILES string of the molecule is Cc1sc2c(c1C)C(c1ccc(Cl)cc1)=N[C@@H](CC(=O)NCCOCCOc1cccc3c1C(=O)N(C1CCC(=O)NC1=O)C3=O)c1nnc(C)n1-2.Cc1sc2c(c1C)C(c1ccc(Cl)cc1)=N[C@@H](CC(=O)O)c1nnc(C)n1-2.O=C1CCC(N2C(=O)c3cccc(OCCOCCNC(=O)C(F)(F)F)c3C2=O)C(=O)N1. The molecule has 4 atom stereocenters. The predicted molar refractivity (Wildman–Crippen MR) is 394 cm³/mol. The number of aryl methyl sites for hydroxylation is 4. The number of nitrogens with one attached hydrogen (secondary N) is 4. The van der Waals surface area contributed by atoms with Gasteiger partial charge in [0.25, 0.3) is 23.6 Å². The molecule has 0 spiro atoms. The van der Waals surface area contributed by atoms with Gasteiger partial charge in [-0.25, -0.2) is 0 Å². The summed E-state index contributed by atoms with van der Waals surface area (Å²) in [6.07, 6.45) is -4.98. The molecule has 30 nitrogen and oxygen atoms in total. The number of hydrogen-bond acceptors (Lipinski definition) is 23. The van der Waals surface area contributed by atoms with Gasteiger partial charge in [-0.1, -0.05) is 59.6 Å². The van der Waals surface area contributed by atoms with Gasteiger partial charge in [-0.05, 0) is 114 Å². The van der Waals surface area contributed by atoms with Crippen molar-refractivity contribution in [1.82, 2.24) is 60.6 Å². The van der Waals surface area contributed by atoms with Crippen molar-refractivity contribution in [2.24, 2.45) is 9.98 Å². The quantitative estimate of drug-likeness (QED) is 0.0315. The Morgan fingerprint density at radius 2 is 0.955 bits per heavy atom. The summed E-state index contributed by atoms with van der Waals surface area (Å²) in [6, 6.07) is 20.5. The number of alkyl halides is 3.